The van der Waals surface area contributed by atoms with Crippen LogP contribution in [0.25, 0.3) is 0 Å². The summed E-state index contributed by atoms with van der Waals surface area (Å²) in [7, 11) is 3.59. The molecule has 4 heteroatoms. The van der Waals surface area contributed by atoms with Crippen LogP contribution in [-0.4, -0.2) is 38.5 Å². The highest BCUT2D eigenvalue weighted by Crippen LogP contribution is 2.20. The molecule has 1 rings (SSSR count). The second kappa shape index (κ2) is 4.38. The second-order valence-corrected chi connectivity index (χ2v) is 3.15. The fourth-order valence-electron chi connectivity index (χ4n) is 1.58. The Morgan fingerprint density at radius 2 is 2.42 bits per heavy atom. The maximum Gasteiger partial charge on any atom is 0.409 e. The third-order valence-electron chi connectivity index (χ3n) is 2.36. The molecule has 0 aromatic rings. The first kappa shape index (κ1) is 9.42. The molecule has 0 aromatic heterocycles. The molecular weight excluding hydrogens is 153 g/mol. The smallest absolute Gasteiger partial charge is 0.409 e. The van der Waals surface area contributed by atoms with Crippen molar-refractivity contribution >= 4 is 13.4 Å². The lowest BCUT2D eigenvalue weighted by Crippen LogP contribution is -2.38. The molecule has 1 atom stereocenters. The van der Waals surface area contributed by atoms with Gasteiger partial charge in [-0.05, 0) is 6.42 Å². The van der Waals surface area contributed by atoms with Gasteiger partial charge in [-0.25, -0.2) is 4.79 Å². The molecule has 12 heavy (non-hydrogen) atoms. The molecule has 0 spiro atoms. The number of nitrogens with zero attached hydrogens (tertiary/aromatic N) is 1. The zero-order valence-corrected chi connectivity index (χ0v) is 7.75. The predicted octanol–water partition coefficient (Wildman–Crippen LogP) is 1.39. The Bertz CT molecular complexity index is 163. The summed E-state index contributed by atoms with van der Waals surface area (Å²) >= 11 is 0. The number of ether oxygens (including phenoxy) is 1. The fourth-order valence-corrected chi connectivity index (χ4v) is 1.58. The average Bonchev–Trinajstić information content (AvgIpc) is 2.17. The number of amides is 1. The van der Waals surface area contributed by atoms with E-state index >= 15 is 0 Å². The zero-order chi connectivity index (χ0) is 8.97. The monoisotopic (exact) mass is 168 g/mol. The van der Waals surface area contributed by atoms with Crippen LogP contribution in [0.1, 0.15) is 12.8 Å². The van der Waals surface area contributed by atoms with Crippen LogP contribution in [0.5, 0.6) is 0 Å². The van der Waals surface area contributed by atoms with Crippen LogP contribution in [0.3, 0.4) is 0 Å². The van der Waals surface area contributed by atoms with Gasteiger partial charge in [-0.1, -0.05) is 19.1 Å². The van der Waals surface area contributed by atoms with Crippen molar-refractivity contribution in [1.29, 1.82) is 0 Å². The molecule has 1 unspecified atom stereocenters. The van der Waals surface area contributed by atoms with Crippen LogP contribution in [0.15, 0.2) is 0 Å². The van der Waals surface area contributed by atoms with E-state index in [-0.39, 0.29) is 6.09 Å². The number of likely N-dealkylation sites (tertiary alicyclic amines) is 1. The maximum atomic E-state index is 11.1. The lowest BCUT2D eigenvalue weighted by molar-refractivity contribution is 0.115. The first-order valence-corrected chi connectivity index (χ1v) is 4.40. The Kier molecular flexibility index (Phi) is 3.44. The quantitative estimate of drug-likeness (QED) is 0.553. The number of carbonyl (C=O) groups is 1. The topological polar surface area (TPSA) is 29.5 Å². The van der Waals surface area contributed by atoms with E-state index in [0.717, 1.165) is 19.5 Å². The van der Waals surface area contributed by atoms with Crippen LogP contribution in [0, 0.1) is 0 Å². The van der Waals surface area contributed by atoms with Gasteiger partial charge in [0, 0.05) is 13.1 Å². The highest BCUT2D eigenvalue weighted by atomic mass is 16.5. The summed E-state index contributed by atoms with van der Waals surface area (Å²) in [6.07, 6.45) is 2.09. The van der Waals surface area contributed by atoms with Gasteiger partial charge in [0.15, 0.2) is 0 Å². The molecule has 0 aromatic carbocycles. The molecular formula is C8H15BNO2. The highest BCUT2D eigenvalue weighted by Gasteiger charge is 2.22. The third-order valence-corrected chi connectivity index (χ3v) is 2.36. The minimum Gasteiger partial charge on any atom is -0.453 e. The van der Waals surface area contributed by atoms with Crippen LogP contribution < -0.4 is 0 Å². The first-order chi connectivity index (χ1) is 5.77. The van der Waals surface area contributed by atoms with Crippen molar-refractivity contribution in [2.24, 2.45) is 0 Å². The van der Waals surface area contributed by atoms with Crippen molar-refractivity contribution in [1.82, 2.24) is 4.90 Å². The van der Waals surface area contributed by atoms with Gasteiger partial charge in [-0.15, -0.1) is 0 Å². The van der Waals surface area contributed by atoms with E-state index < -0.39 is 0 Å². The van der Waals surface area contributed by atoms with E-state index in [1.54, 1.807) is 4.90 Å². The average molecular weight is 168 g/mol. The molecule has 3 nitrogen and oxygen atoms in total. The largest absolute Gasteiger partial charge is 0.453 e. The SMILES string of the molecule is C[B]C1CCCN(C(=O)OC)C1. The lowest BCUT2D eigenvalue weighted by atomic mass is 9.64. The van der Waals surface area contributed by atoms with Gasteiger partial charge >= 0.3 is 6.09 Å². The summed E-state index contributed by atoms with van der Waals surface area (Å²) in [6.45, 7) is 3.71. The number of carbonyl (C=O) groups excluding carboxylic acids is 1. The van der Waals surface area contributed by atoms with E-state index in [9.17, 15) is 4.79 Å². The van der Waals surface area contributed by atoms with Gasteiger partial charge in [0.05, 0.1) is 7.11 Å². The fraction of sp³-hybridized carbons (Fsp3) is 0.875. The summed E-state index contributed by atoms with van der Waals surface area (Å²) in [4.78, 5) is 12.9. The molecule has 67 valence electrons. The minimum absolute atomic E-state index is 0.193. The van der Waals surface area contributed by atoms with Crippen LogP contribution >= 0.6 is 0 Å². The van der Waals surface area contributed by atoms with Gasteiger partial charge in [-0.3, -0.25) is 0 Å². The number of methoxy groups -OCH3 is 1. The summed E-state index contributed by atoms with van der Waals surface area (Å²) < 4.78 is 4.66. The molecule has 1 aliphatic rings. The molecule has 1 heterocycles. The van der Waals surface area contributed by atoms with E-state index in [1.807, 2.05) is 6.82 Å². The van der Waals surface area contributed by atoms with E-state index in [0.29, 0.717) is 5.82 Å². The molecule has 1 fully saturated rings. The first-order valence-electron chi connectivity index (χ1n) is 4.40. The van der Waals surface area contributed by atoms with Crippen LogP contribution in [-0.2, 0) is 4.74 Å². The molecule has 0 saturated carbocycles. The minimum atomic E-state index is -0.193. The zero-order valence-electron chi connectivity index (χ0n) is 7.75. The summed E-state index contributed by atoms with van der Waals surface area (Å²) in [5.41, 5.74) is 0. The van der Waals surface area contributed by atoms with Gasteiger partial charge in [-0.2, -0.15) is 0 Å². The highest BCUT2D eigenvalue weighted by molar-refractivity contribution is 6.35. The van der Waals surface area contributed by atoms with E-state index in [4.69, 9.17) is 0 Å². The lowest BCUT2D eigenvalue weighted by Gasteiger charge is -2.30. The maximum absolute atomic E-state index is 11.1. The molecule has 1 aliphatic heterocycles. The number of piperidine rings is 1. The number of hydrogen-bond donors (Lipinski definition) is 0. The molecule has 0 aliphatic carbocycles. The standard InChI is InChI=1S/C8H15BNO2/c1-9-7-4-3-5-10(6-7)8(11)12-2/h7H,3-6H2,1-2H3. The van der Waals surface area contributed by atoms with E-state index in [2.05, 4.69) is 12.0 Å². The molecule has 0 bridgehead atoms. The van der Waals surface area contributed by atoms with Crippen LogP contribution in [0.2, 0.25) is 12.6 Å². The Morgan fingerprint density at radius 1 is 1.67 bits per heavy atom. The van der Waals surface area contributed by atoms with E-state index in [1.165, 1.54) is 13.5 Å². The Hall–Kier alpha value is -0.665. The van der Waals surface area contributed by atoms with Crippen molar-refractivity contribution in [2.45, 2.75) is 25.5 Å². The number of rotatable bonds is 1. The van der Waals surface area contributed by atoms with Crippen molar-refractivity contribution in [2.75, 3.05) is 20.2 Å². The molecule has 1 saturated heterocycles. The molecule has 1 amide bonds. The van der Waals surface area contributed by atoms with Crippen molar-refractivity contribution < 1.29 is 9.53 Å². The Morgan fingerprint density at radius 3 is 3.00 bits per heavy atom. The Labute approximate surface area is 74.3 Å². The third kappa shape index (κ3) is 2.16. The predicted molar refractivity (Wildman–Crippen MR) is 48.6 cm³/mol. The second-order valence-electron chi connectivity index (χ2n) is 3.15. The molecule has 0 N–H and O–H groups in total. The van der Waals surface area contributed by atoms with Crippen molar-refractivity contribution in [3.05, 3.63) is 0 Å². The van der Waals surface area contributed by atoms with Crippen molar-refractivity contribution in [3.8, 4) is 0 Å². The number of hydrogen-bond acceptors (Lipinski definition) is 2. The summed E-state index contributed by atoms with van der Waals surface area (Å²) in [5, 5.41) is 0. The van der Waals surface area contributed by atoms with Gasteiger partial charge in [0.2, 0.25) is 0 Å². The summed E-state index contributed by atoms with van der Waals surface area (Å²) in [5.74, 6) is 0.554. The van der Waals surface area contributed by atoms with Gasteiger partial charge in [0.1, 0.15) is 7.28 Å². The van der Waals surface area contributed by atoms with Crippen LogP contribution in [0.4, 0.5) is 4.79 Å². The summed E-state index contributed by atoms with van der Waals surface area (Å²) in [6, 6.07) is 0. The molecule has 1 radical (unpaired) electrons. The van der Waals surface area contributed by atoms with Crippen molar-refractivity contribution in [3.63, 3.8) is 0 Å². The normalized spacial score (nSPS) is 23.5. The Balaban J connectivity index is 2.40. The van der Waals surface area contributed by atoms with Gasteiger partial charge in [0.25, 0.3) is 0 Å². The van der Waals surface area contributed by atoms with Gasteiger partial charge < -0.3 is 9.64 Å².